The van der Waals surface area contributed by atoms with E-state index in [9.17, 15) is 0 Å². The summed E-state index contributed by atoms with van der Waals surface area (Å²) in [5, 5.41) is 0. The minimum atomic E-state index is 1.02. The molecule has 0 aromatic rings. The van der Waals surface area contributed by atoms with Gasteiger partial charge in [0, 0.05) is 0 Å². The second kappa shape index (κ2) is 1.49. The molecule has 0 aromatic heterocycles. The first kappa shape index (κ1) is 3.95. The summed E-state index contributed by atoms with van der Waals surface area (Å²) in [7, 11) is 0. The van der Waals surface area contributed by atoms with Crippen LogP contribution in [0.1, 0.15) is 6.92 Å². The molecule has 2 heteroatoms. The van der Waals surface area contributed by atoms with Crippen LogP contribution in [0.15, 0.2) is 9.45 Å². The molecule has 1 aliphatic heterocycles. The van der Waals surface area contributed by atoms with Crippen molar-refractivity contribution in [3.63, 3.8) is 0 Å². The third-order valence-corrected chi connectivity index (χ3v) is 6.07. The van der Waals surface area contributed by atoms with Gasteiger partial charge in [-0.25, -0.2) is 0 Å². The van der Waals surface area contributed by atoms with Crippen LogP contribution >= 0.6 is 0 Å². The first-order valence-corrected chi connectivity index (χ1v) is 7.49. The Morgan fingerprint density at radius 2 is 2.20 bits per heavy atom. The molecule has 0 bridgehead atoms. The van der Waals surface area contributed by atoms with Crippen molar-refractivity contribution < 1.29 is 0 Å². The third-order valence-electron chi connectivity index (χ3n) is 0.415. The molecule has 0 atom stereocenters. The molecule has 0 N–H and O–H groups in total. The first-order valence-electron chi connectivity index (χ1n) is 1.44. The Morgan fingerprint density at radius 3 is 2.20 bits per heavy atom. The monoisotopic (exact) mass is 200 g/mol. The van der Waals surface area contributed by atoms with E-state index in [1.54, 1.807) is 3.37 Å². The molecule has 0 nitrogen and oxygen atoms in total. The van der Waals surface area contributed by atoms with Gasteiger partial charge in [-0.15, -0.1) is 0 Å². The van der Waals surface area contributed by atoms with Crippen LogP contribution in [0.3, 0.4) is 0 Å². The Morgan fingerprint density at radius 1 is 1.60 bits per heavy atom. The molecule has 28 valence electrons. The van der Waals surface area contributed by atoms with E-state index in [0.29, 0.717) is 0 Å². The molecule has 1 heterocycles. The van der Waals surface area contributed by atoms with Gasteiger partial charge in [0.25, 0.3) is 0 Å². The molecule has 1 rings (SSSR count). The SMILES string of the molecule is CC=C1[Se][Se]1. The van der Waals surface area contributed by atoms with Crippen LogP contribution in [0.2, 0.25) is 0 Å². The fourth-order valence-corrected chi connectivity index (χ4v) is 3.25. The molecule has 0 radical (unpaired) electrons. The Balaban J connectivity index is 2.46. The summed E-state index contributed by atoms with van der Waals surface area (Å²) in [6.07, 6.45) is 2.25. The maximum absolute atomic E-state index is 2.25. The summed E-state index contributed by atoms with van der Waals surface area (Å²) in [6, 6.07) is 0. The summed E-state index contributed by atoms with van der Waals surface area (Å²) in [5.74, 6) is 0. The predicted molar refractivity (Wildman–Crippen MR) is 25.3 cm³/mol. The molecular weight excluding hydrogens is 194 g/mol. The molecule has 0 aromatic carbocycles. The predicted octanol–water partition coefficient (Wildman–Crippen LogP) is 0.185. The van der Waals surface area contributed by atoms with Crippen LogP contribution in [0.5, 0.6) is 0 Å². The van der Waals surface area contributed by atoms with E-state index in [4.69, 9.17) is 0 Å². The molecule has 0 unspecified atom stereocenters. The van der Waals surface area contributed by atoms with Gasteiger partial charge in [0.2, 0.25) is 0 Å². The van der Waals surface area contributed by atoms with E-state index in [2.05, 4.69) is 13.0 Å². The van der Waals surface area contributed by atoms with Gasteiger partial charge in [-0.2, -0.15) is 0 Å². The zero-order valence-corrected chi connectivity index (χ0v) is 6.32. The van der Waals surface area contributed by atoms with Gasteiger partial charge in [-0.05, 0) is 0 Å². The normalized spacial score (nSPS) is 19.0. The average Bonchev–Trinajstić information content (AvgIpc) is 2.12. The third kappa shape index (κ3) is 1.11. The standard InChI is InChI=1S/C3H4Se2/c1-2-3-4-5-3/h2H,1H3. The molecule has 0 amide bonds. The van der Waals surface area contributed by atoms with E-state index in [1.165, 1.54) is 0 Å². The van der Waals surface area contributed by atoms with Crippen molar-refractivity contribution in [2.45, 2.75) is 6.92 Å². The van der Waals surface area contributed by atoms with E-state index in [0.717, 1.165) is 26.3 Å². The van der Waals surface area contributed by atoms with Crippen LogP contribution in [0, 0.1) is 0 Å². The van der Waals surface area contributed by atoms with Crippen molar-refractivity contribution in [1.29, 1.82) is 0 Å². The van der Waals surface area contributed by atoms with E-state index in [1.807, 2.05) is 0 Å². The van der Waals surface area contributed by atoms with Crippen molar-refractivity contribution >= 4 is 26.3 Å². The molecule has 1 aliphatic rings. The maximum atomic E-state index is 2.25. The minimum absolute atomic E-state index is 1.02. The van der Waals surface area contributed by atoms with Crippen molar-refractivity contribution in [2.75, 3.05) is 0 Å². The van der Waals surface area contributed by atoms with Crippen LogP contribution < -0.4 is 0 Å². The molecule has 1 fully saturated rings. The molecule has 5 heavy (non-hydrogen) atoms. The topological polar surface area (TPSA) is 0 Å². The second-order valence-electron chi connectivity index (χ2n) is 0.774. The second-order valence-corrected chi connectivity index (χ2v) is 8.26. The van der Waals surface area contributed by atoms with Crippen molar-refractivity contribution in [1.82, 2.24) is 0 Å². The Labute approximate surface area is 42.9 Å². The van der Waals surface area contributed by atoms with Gasteiger partial charge in [0.15, 0.2) is 0 Å². The number of hydrogen-bond donors (Lipinski definition) is 0. The zero-order chi connectivity index (χ0) is 3.70. The van der Waals surface area contributed by atoms with Crippen molar-refractivity contribution in [2.24, 2.45) is 0 Å². The van der Waals surface area contributed by atoms with Crippen LogP contribution in [0.4, 0.5) is 0 Å². The first-order chi connectivity index (χ1) is 2.43. The van der Waals surface area contributed by atoms with Crippen LogP contribution in [-0.4, -0.2) is 26.3 Å². The summed E-state index contributed by atoms with van der Waals surface area (Å²) < 4.78 is 1.75. The number of rotatable bonds is 0. The summed E-state index contributed by atoms with van der Waals surface area (Å²) in [4.78, 5) is 0. The fraction of sp³-hybridized carbons (Fsp3) is 0.333. The van der Waals surface area contributed by atoms with Crippen molar-refractivity contribution in [3.05, 3.63) is 9.45 Å². The Kier molecular flexibility index (Phi) is 1.17. The quantitative estimate of drug-likeness (QED) is 0.487. The van der Waals surface area contributed by atoms with E-state index >= 15 is 0 Å². The van der Waals surface area contributed by atoms with Crippen LogP contribution in [0.25, 0.3) is 0 Å². The van der Waals surface area contributed by atoms with Gasteiger partial charge < -0.3 is 0 Å². The van der Waals surface area contributed by atoms with Gasteiger partial charge in [-0.3, -0.25) is 0 Å². The van der Waals surface area contributed by atoms with Crippen LogP contribution in [-0.2, 0) is 0 Å². The molecule has 1 saturated heterocycles. The zero-order valence-electron chi connectivity index (χ0n) is 2.89. The molecule has 0 aliphatic carbocycles. The average molecular weight is 198 g/mol. The molecule has 0 saturated carbocycles. The number of allylic oxidation sites excluding steroid dienone is 1. The number of hydrogen-bond acceptors (Lipinski definition) is 0. The van der Waals surface area contributed by atoms with Gasteiger partial charge >= 0.3 is 42.6 Å². The van der Waals surface area contributed by atoms with Gasteiger partial charge in [0.1, 0.15) is 0 Å². The fourth-order valence-electron chi connectivity index (χ4n) is 0.120. The summed E-state index contributed by atoms with van der Waals surface area (Å²) in [6.45, 7) is 2.13. The summed E-state index contributed by atoms with van der Waals surface area (Å²) >= 11 is 2.03. The van der Waals surface area contributed by atoms with Gasteiger partial charge in [-0.1, -0.05) is 0 Å². The summed E-state index contributed by atoms with van der Waals surface area (Å²) in [5.41, 5.74) is 0. The molecular formula is C3H4Se2. The van der Waals surface area contributed by atoms with E-state index in [-0.39, 0.29) is 0 Å². The van der Waals surface area contributed by atoms with Crippen molar-refractivity contribution in [3.8, 4) is 0 Å². The Bertz CT molecular complexity index is 59.3. The Hall–Kier alpha value is 0.779. The molecule has 0 spiro atoms. The van der Waals surface area contributed by atoms with Gasteiger partial charge in [0.05, 0.1) is 0 Å². The van der Waals surface area contributed by atoms with E-state index < -0.39 is 0 Å².